The van der Waals surface area contributed by atoms with E-state index >= 15 is 0 Å². The van der Waals surface area contributed by atoms with Crippen LogP contribution in [0.25, 0.3) is 0 Å². The van der Waals surface area contributed by atoms with Crippen LogP contribution in [0.5, 0.6) is 0 Å². The maximum absolute atomic E-state index is 12.6. The van der Waals surface area contributed by atoms with Crippen LogP contribution in [0, 0.1) is 0 Å². The molecule has 1 aromatic heterocycles. The summed E-state index contributed by atoms with van der Waals surface area (Å²) in [4.78, 5) is 29.0. The number of carbonyl (C=O) groups is 2. The van der Waals surface area contributed by atoms with Crippen LogP contribution in [0.15, 0.2) is 17.5 Å². The minimum absolute atomic E-state index is 0.0770. The molecule has 2 atom stereocenters. The summed E-state index contributed by atoms with van der Waals surface area (Å²) in [6.45, 7) is 0.623. The second-order valence-corrected chi connectivity index (χ2v) is 9.26. The molecule has 3 heterocycles. The normalized spacial score (nSPS) is 25.5. The van der Waals surface area contributed by atoms with Gasteiger partial charge in [-0.25, -0.2) is 8.42 Å². The number of amides is 2. The van der Waals surface area contributed by atoms with Gasteiger partial charge >= 0.3 is 0 Å². The van der Waals surface area contributed by atoms with Gasteiger partial charge in [0.15, 0.2) is 9.84 Å². The number of ether oxygens (including phenoxy) is 1. The van der Waals surface area contributed by atoms with Gasteiger partial charge in [0, 0.05) is 25.1 Å². The first kappa shape index (κ1) is 17.4. The van der Waals surface area contributed by atoms with Crippen molar-refractivity contribution in [1.29, 1.82) is 0 Å². The Labute approximate surface area is 145 Å². The summed E-state index contributed by atoms with van der Waals surface area (Å²) in [5, 5.41) is 1.91. The fourth-order valence-corrected chi connectivity index (χ4v) is 6.12. The molecular formula is C15H20N2O5S2. The largest absolute Gasteiger partial charge is 0.375 e. The number of fused-ring (bicyclic) bond motifs is 1. The topological polar surface area (TPSA) is 84.0 Å². The first-order valence-corrected chi connectivity index (χ1v) is 10.4. The molecule has 0 bridgehead atoms. The lowest BCUT2D eigenvalue weighted by Gasteiger charge is -2.43. The van der Waals surface area contributed by atoms with E-state index < -0.39 is 21.9 Å². The Balaban J connectivity index is 1.79. The number of rotatable bonds is 4. The van der Waals surface area contributed by atoms with E-state index in [1.807, 2.05) is 17.5 Å². The molecule has 0 aliphatic carbocycles. The summed E-state index contributed by atoms with van der Waals surface area (Å²) in [7, 11) is -1.83. The van der Waals surface area contributed by atoms with Crippen LogP contribution in [0.2, 0.25) is 0 Å². The van der Waals surface area contributed by atoms with E-state index in [-0.39, 0.29) is 36.3 Å². The molecule has 132 valence electrons. The van der Waals surface area contributed by atoms with E-state index in [1.54, 1.807) is 9.80 Å². The molecule has 0 radical (unpaired) electrons. The van der Waals surface area contributed by atoms with Crippen LogP contribution in [-0.4, -0.2) is 80.4 Å². The first-order chi connectivity index (χ1) is 11.4. The third-order valence-electron chi connectivity index (χ3n) is 4.49. The molecule has 2 aliphatic rings. The van der Waals surface area contributed by atoms with Crippen molar-refractivity contribution in [2.24, 2.45) is 0 Å². The average Bonchev–Trinajstić information content (AvgIpc) is 3.11. The third kappa shape index (κ3) is 3.47. The Morgan fingerprint density at radius 1 is 1.21 bits per heavy atom. The number of carbonyl (C=O) groups excluding carboxylic acids is 2. The van der Waals surface area contributed by atoms with Gasteiger partial charge < -0.3 is 14.5 Å². The number of sulfone groups is 1. The zero-order valence-electron chi connectivity index (χ0n) is 13.4. The number of methoxy groups -OCH3 is 1. The molecule has 0 aromatic carbocycles. The lowest BCUT2D eigenvalue weighted by molar-refractivity contribution is -0.147. The summed E-state index contributed by atoms with van der Waals surface area (Å²) < 4.78 is 29.1. The highest BCUT2D eigenvalue weighted by Crippen LogP contribution is 2.28. The van der Waals surface area contributed by atoms with Crippen molar-refractivity contribution >= 4 is 33.0 Å². The lowest BCUT2D eigenvalue weighted by Crippen LogP contribution is -2.62. The SMILES string of the molecule is COCC(=O)N1CCN(C(=O)Cc2cccs2)[C@@H]2CS(=O)(=O)C[C@@H]21. The van der Waals surface area contributed by atoms with Crippen molar-refractivity contribution in [2.45, 2.75) is 18.5 Å². The fourth-order valence-electron chi connectivity index (χ4n) is 3.44. The van der Waals surface area contributed by atoms with E-state index in [0.717, 1.165) is 4.88 Å². The van der Waals surface area contributed by atoms with E-state index in [2.05, 4.69) is 0 Å². The summed E-state index contributed by atoms with van der Waals surface area (Å²) >= 11 is 1.51. The second-order valence-electron chi connectivity index (χ2n) is 6.08. The van der Waals surface area contributed by atoms with Crippen LogP contribution in [0.1, 0.15) is 4.88 Å². The van der Waals surface area contributed by atoms with Crippen molar-refractivity contribution in [2.75, 3.05) is 38.3 Å². The molecule has 2 aliphatic heterocycles. The van der Waals surface area contributed by atoms with Crippen molar-refractivity contribution < 1.29 is 22.7 Å². The molecule has 9 heteroatoms. The van der Waals surface area contributed by atoms with Gasteiger partial charge in [-0.3, -0.25) is 9.59 Å². The van der Waals surface area contributed by atoms with Crippen molar-refractivity contribution in [3.05, 3.63) is 22.4 Å². The van der Waals surface area contributed by atoms with Crippen molar-refractivity contribution in [3.63, 3.8) is 0 Å². The minimum atomic E-state index is -3.26. The predicted molar refractivity (Wildman–Crippen MR) is 89.6 cm³/mol. The highest BCUT2D eigenvalue weighted by atomic mass is 32.2. The van der Waals surface area contributed by atoms with Gasteiger partial charge in [-0.15, -0.1) is 11.3 Å². The molecule has 0 N–H and O–H groups in total. The average molecular weight is 372 g/mol. The minimum Gasteiger partial charge on any atom is -0.375 e. The maximum Gasteiger partial charge on any atom is 0.248 e. The highest BCUT2D eigenvalue weighted by molar-refractivity contribution is 7.91. The monoisotopic (exact) mass is 372 g/mol. The zero-order valence-corrected chi connectivity index (χ0v) is 15.0. The zero-order chi connectivity index (χ0) is 17.3. The Kier molecular flexibility index (Phi) is 4.93. The first-order valence-electron chi connectivity index (χ1n) is 7.72. The molecule has 24 heavy (non-hydrogen) atoms. The Morgan fingerprint density at radius 3 is 2.38 bits per heavy atom. The molecule has 0 saturated carbocycles. The van der Waals surface area contributed by atoms with Gasteiger partial charge in [0.25, 0.3) is 0 Å². The van der Waals surface area contributed by atoms with Crippen LogP contribution in [0.3, 0.4) is 0 Å². The van der Waals surface area contributed by atoms with Gasteiger partial charge in [-0.05, 0) is 11.4 Å². The Morgan fingerprint density at radius 2 is 1.83 bits per heavy atom. The van der Waals surface area contributed by atoms with E-state index in [0.29, 0.717) is 13.1 Å². The van der Waals surface area contributed by atoms with Gasteiger partial charge in [-0.2, -0.15) is 0 Å². The highest BCUT2D eigenvalue weighted by Gasteiger charge is 2.49. The van der Waals surface area contributed by atoms with Gasteiger partial charge in [0.1, 0.15) is 6.61 Å². The van der Waals surface area contributed by atoms with Crippen LogP contribution < -0.4 is 0 Å². The van der Waals surface area contributed by atoms with Crippen LogP contribution >= 0.6 is 11.3 Å². The number of hydrogen-bond donors (Lipinski definition) is 0. The van der Waals surface area contributed by atoms with Crippen LogP contribution in [0.4, 0.5) is 0 Å². The van der Waals surface area contributed by atoms with Gasteiger partial charge in [-0.1, -0.05) is 6.07 Å². The summed E-state index contributed by atoms with van der Waals surface area (Å²) in [5.41, 5.74) is 0. The molecule has 2 amide bonds. The van der Waals surface area contributed by atoms with Crippen molar-refractivity contribution in [1.82, 2.24) is 9.80 Å². The smallest absolute Gasteiger partial charge is 0.248 e. The molecular weight excluding hydrogens is 352 g/mol. The number of thiophene rings is 1. The molecule has 2 saturated heterocycles. The van der Waals surface area contributed by atoms with Crippen LogP contribution in [-0.2, 0) is 30.6 Å². The summed E-state index contributed by atoms with van der Waals surface area (Å²) in [5.74, 6) is -0.473. The number of nitrogens with zero attached hydrogens (tertiary/aromatic N) is 2. The van der Waals surface area contributed by atoms with E-state index in [4.69, 9.17) is 4.74 Å². The molecule has 7 nitrogen and oxygen atoms in total. The molecule has 2 fully saturated rings. The Hall–Kier alpha value is -1.45. The number of piperazine rings is 1. The quantitative estimate of drug-likeness (QED) is 0.729. The molecule has 1 aromatic rings. The summed E-state index contributed by atoms with van der Waals surface area (Å²) in [6.07, 6.45) is 0.271. The standard InChI is InChI=1S/C15H20N2O5S2/c1-22-8-15(19)17-5-4-16(12-9-24(20,21)10-13(12)17)14(18)7-11-3-2-6-23-11/h2-3,6,12-13H,4-5,7-10H2,1H3/t12-,13+/m1/s1. The predicted octanol–water partition coefficient (Wildman–Crippen LogP) is -0.227. The molecule has 3 rings (SSSR count). The van der Waals surface area contributed by atoms with Crippen molar-refractivity contribution in [3.8, 4) is 0 Å². The summed E-state index contributed by atoms with van der Waals surface area (Å²) in [6, 6.07) is 2.84. The van der Waals surface area contributed by atoms with Gasteiger partial charge in [0.2, 0.25) is 11.8 Å². The molecule has 0 unspecified atom stereocenters. The van der Waals surface area contributed by atoms with Gasteiger partial charge in [0.05, 0.1) is 30.0 Å². The second kappa shape index (κ2) is 6.81. The number of hydrogen-bond acceptors (Lipinski definition) is 6. The van der Waals surface area contributed by atoms with E-state index in [9.17, 15) is 18.0 Å². The molecule has 0 spiro atoms. The maximum atomic E-state index is 12.6. The van der Waals surface area contributed by atoms with E-state index in [1.165, 1.54) is 18.4 Å². The Bertz CT molecular complexity index is 716. The fraction of sp³-hybridized carbons (Fsp3) is 0.600. The lowest BCUT2D eigenvalue weighted by atomic mass is 10.0. The third-order valence-corrected chi connectivity index (χ3v) is 7.07.